The van der Waals surface area contributed by atoms with Crippen LogP contribution in [-0.2, 0) is 18.9 Å². The van der Waals surface area contributed by atoms with E-state index in [0.717, 1.165) is 77.4 Å². The Kier molecular flexibility index (Phi) is 11.8. The lowest BCUT2D eigenvalue weighted by molar-refractivity contribution is -0.307. The molecule has 6 heteroatoms. The Morgan fingerprint density at radius 2 is 1.33 bits per heavy atom. The van der Waals surface area contributed by atoms with E-state index in [1.807, 2.05) is 0 Å². The average molecular weight is 389 g/mol. The Bertz CT molecular complexity index is 335. The van der Waals surface area contributed by atoms with Crippen molar-refractivity contribution < 1.29 is 29.2 Å². The zero-order valence-electron chi connectivity index (χ0n) is 17.0. The van der Waals surface area contributed by atoms with Gasteiger partial charge in [0, 0.05) is 19.6 Å². The molecule has 2 aliphatic heterocycles. The summed E-state index contributed by atoms with van der Waals surface area (Å²) in [4.78, 5) is 0. The van der Waals surface area contributed by atoms with Crippen LogP contribution in [0.4, 0.5) is 0 Å². The molecule has 2 saturated heterocycles. The number of ether oxygens (including phenoxy) is 4. The molecule has 0 radical (unpaired) electrons. The molecule has 0 saturated carbocycles. The van der Waals surface area contributed by atoms with Crippen LogP contribution in [0.5, 0.6) is 0 Å². The van der Waals surface area contributed by atoms with Gasteiger partial charge < -0.3 is 29.2 Å². The quantitative estimate of drug-likeness (QED) is 0.466. The van der Waals surface area contributed by atoms with E-state index in [4.69, 9.17) is 18.9 Å². The minimum Gasteiger partial charge on any atom is -0.393 e. The van der Waals surface area contributed by atoms with Crippen LogP contribution in [0.3, 0.4) is 0 Å². The first-order valence-corrected chi connectivity index (χ1v) is 11.1. The van der Waals surface area contributed by atoms with Crippen molar-refractivity contribution in [3.63, 3.8) is 0 Å². The summed E-state index contributed by atoms with van der Waals surface area (Å²) in [6.07, 6.45) is 10.1. The number of hydrogen-bond acceptors (Lipinski definition) is 6. The monoisotopic (exact) mass is 388 g/mol. The van der Waals surface area contributed by atoms with Gasteiger partial charge in [0.05, 0.1) is 12.2 Å². The fraction of sp³-hybridized carbons (Fsp3) is 1.00. The smallest absolute Gasteiger partial charge is 0.163 e. The molecular formula is C21H40O6. The highest BCUT2D eigenvalue weighted by Crippen LogP contribution is 2.23. The summed E-state index contributed by atoms with van der Waals surface area (Å²) in [5.41, 5.74) is 0. The highest BCUT2D eigenvalue weighted by Gasteiger charge is 2.25. The highest BCUT2D eigenvalue weighted by molar-refractivity contribution is 4.64. The molecule has 4 unspecified atom stereocenters. The lowest BCUT2D eigenvalue weighted by Crippen LogP contribution is -2.34. The SMILES string of the molecule is CCCC(O)CCCC(O)CCC(OC1CCCCO1)OC1CCCCO1. The first-order chi connectivity index (χ1) is 13.2. The lowest BCUT2D eigenvalue weighted by Gasteiger charge is -2.32. The molecule has 0 aliphatic carbocycles. The predicted molar refractivity (Wildman–Crippen MR) is 103 cm³/mol. The van der Waals surface area contributed by atoms with Crippen molar-refractivity contribution in [2.75, 3.05) is 13.2 Å². The van der Waals surface area contributed by atoms with Crippen LogP contribution in [0.1, 0.15) is 90.4 Å². The molecule has 160 valence electrons. The molecule has 4 atom stereocenters. The van der Waals surface area contributed by atoms with Gasteiger partial charge >= 0.3 is 0 Å². The van der Waals surface area contributed by atoms with E-state index in [1.54, 1.807) is 0 Å². The van der Waals surface area contributed by atoms with Crippen LogP contribution < -0.4 is 0 Å². The van der Waals surface area contributed by atoms with E-state index in [0.29, 0.717) is 19.3 Å². The molecule has 27 heavy (non-hydrogen) atoms. The second-order valence-corrected chi connectivity index (χ2v) is 7.90. The predicted octanol–water partition coefficient (Wildman–Crippen LogP) is 3.87. The second kappa shape index (κ2) is 13.9. The Balaban J connectivity index is 1.70. The van der Waals surface area contributed by atoms with Gasteiger partial charge in [-0.05, 0) is 70.6 Å². The van der Waals surface area contributed by atoms with E-state index in [9.17, 15) is 10.2 Å². The summed E-state index contributed by atoms with van der Waals surface area (Å²) in [6.45, 7) is 3.55. The maximum Gasteiger partial charge on any atom is 0.163 e. The minimum atomic E-state index is -0.406. The van der Waals surface area contributed by atoms with Gasteiger partial charge in [-0.15, -0.1) is 0 Å². The molecule has 0 aromatic heterocycles. The van der Waals surface area contributed by atoms with Crippen molar-refractivity contribution in [2.24, 2.45) is 0 Å². The van der Waals surface area contributed by atoms with Crippen molar-refractivity contribution >= 4 is 0 Å². The van der Waals surface area contributed by atoms with Gasteiger partial charge in [-0.25, -0.2) is 0 Å². The van der Waals surface area contributed by atoms with Gasteiger partial charge in [0.15, 0.2) is 18.9 Å². The molecule has 6 nitrogen and oxygen atoms in total. The number of hydrogen-bond donors (Lipinski definition) is 2. The van der Waals surface area contributed by atoms with E-state index in [1.165, 1.54) is 0 Å². The molecule has 2 rings (SSSR count). The normalized spacial score (nSPS) is 27.2. The third-order valence-electron chi connectivity index (χ3n) is 5.32. The van der Waals surface area contributed by atoms with Crippen molar-refractivity contribution in [1.82, 2.24) is 0 Å². The van der Waals surface area contributed by atoms with Crippen LogP contribution in [0.25, 0.3) is 0 Å². The summed E-state index contributed by atoms with van der Waals surface area (Å²) in [7, 11) is 0. The third kappa shape index (κ3) is 10.2. The first kappa shape index (κ1) is 23.0. The van der Waals surface area contributed by atoms with Crippen LogP contribution in [0.2, 0.25) is 0 Å². The van der Waals surface area contributed by atoms with E-state index in [-0.39, 0.29) is 18.7 Å². The minimum absolute atomic E-state index is 0.214. The molecule has 2 N–H and O–H groups in total. The maximum absolute atomic E-state index is 10.3. The van der Waals surface area contributed by atoms with Crippen molar-refractivity contribution in [1.29, 1.82) is 0 Å². The summed E-state index contributed by atoms with van der Waals surface area (Å²) < 4.78 is 23.5. The zero-order chi connectivity index (χ0) is 19.3. The van der Waals surface area contributed by atoms with Crippen molar-refractivity contribution in [2.45, 2.75) is 121 Å². The summed E-state index contributed by atoms with van der Waals surface area (Å²) in [6, 6.07) is 0. The second-order valence-electron chi connectivity index (χ2n) is 7.90. The van der Waals surface area contributed by atoms with Crippen molar-refractivity contribution in [3.05, 3.63) is 0 Å². The maximum atomic E-state index is 10.3. The summed E-state index contributed by atoms with van der Waals surface area (Å²) in [5, 5.41) is 20.1. The lowest BCUT2D eigenvalue weighted by atomic mass is 10.0. The molecule has 0 amide bonds. The van der Waals surface area contributed by atoms with E-state index < -0.39 is 12.4 Å². The number of aliphatic hydroxyl groups excluding tert-OH is 2. The van der Waals surface area contributed by atoms with Gasteiger partial charge in [-0.1, -0.05) is 13.3 Å². The molecule has 0 spiro atoms. The van der Waals surface area contributed by atoms with Crippen LogP contribution in [0.15, 0.2) is 0 Å². The summed E-state index contributed by atoms with van der Waals surface area (Å²) >= 11 is 0. The Labute approximate surface area is 164 Å². The molecule has 0 aromatic rings. The van der Waals surface area contributed by atoms with E-state index >= 15 is 0 Å². The molecule has 2 heterocycles. The fourth-order valence-electron chi connectivity index (χ4n) is 3.68. The van der Waals surface area contributed by atoms with Crippen LogP contribution in [-0.4, -0.2) is 54.5 Å². The first-order valence-electron chi connectivity index (χ1n) is 11.1. The highest BCUT2D eigenvalue weighted by atomic mass is 16.8. The molecule has 2 fully saturated rings. The topological polar surface area (TPSA) is 77.4 Å². The molecule has 0 bridgehead atoms. The largest absolute Gasteiger partial charge is 0.393 e. The molecule has 2 aliphatic rings. The Hall–Kier alpha value is -0.240. The fourth-order valence-corrected chi connectivity index (χ4v) is 3.68. The standard InChI is InChI=1S/C21H40O6/c1-2-8-17(22)9-7-10-18(23)13-14-21(26-19-11-3-5-15-24-19)27-20-12-4-6-16-25-20/h17-23H,2-16H2,1H3. The zero-order valence-corrected chi connectivity index (χ0v) is 17.0. The van der Waals surface area contributed by atoms with E-state index in [2.05, 4.69) is 6.92 Å². The Morgan fingerprint density at radius 3 is 1.81 bits per heavy atom. The third-order valence-corrected chi connectivity index (χ3v) is 5.32. The van der Waals surface area contributed by atoms with Crippen LogP contribution in [0, 0.1) is 0 Å². The molecular weight excluding hydrogens is 348 g/mol. The number of rotatable bonds is 13. The average Bonchev–Trinajstić information content (AvgIpc) is 2.68. The van der Waals surface area contributed by atoms with Crippen LogP contribution >= 0.6 is 0 Å². The van der Waals surface area contributed by atoms with Gasteiger partial charge in [-0.3, -0.25) is 0 Å². The van der Waals surface area contributed by atoms with Gasteiger partial charge in [0.1, 0.15) is 0 Å². The number of aliphatic hydroxyl groups is 2. The Morgan fingerprint density at radius 1 is 0.778 bits per heavy atom. The summed E-state index contributed by atoms with van der Waals surface area (Å²) in [5.74, 6) is 0. The van der Waals surface area contributed by atoms with Gasteiger partial charge in [0.2, 0.25) is 0 Å². The van der Waals surface area contributed by atoms with Gasteiger partial charge in [-0.2, -0.15) is 0 Å². The molecule has 0 aromatic carbocycles. The van der Waals surface area contributed by atoms with Crippen molar-refractivity contribution in [3.8, 4) is 0 Å². The van der Waals surface area contributed by atoms with Gasteiger partial charge in [0.25, 0.3) is 0 Å².